The third kappa shape index (κ3) is 3.18. The number of hydrogen-bond acceptors (Lipinski definition) is 4. The molecule has 3 rings (SSSR count). The van der Waals surface area contributed by atoms with E-state index >= 15 is 0 Å². The lowest BCUT2D eigenvalue weighted by Gasteiger charge is -2.34. The van der Waals surface area contributed by atoms with Crippen molar-refractivity contribution in [1.82, 2.24) is 0 Å². The smallest absolute Gasteiger partial charge is 0.337 e. The molecular weight excluding hydrogens is 304 g/mol. The van der Waals surface area contributed by atoms with Crippen molar-refractivity contribution in [3.05, 3.63) is 22.8 Å². The van der Waals surface area contributed by atoms with Gasteiger partial charge in [-0.05, 0) is 63.2 Å². The number of aliphatic hydroxyl groups excluding tert-OH is 2. The molecule has 3 aliphatic rings. The van der Waals surface area contributed by atoms with Crippen molar-refractivity contribution in [2.24, 2.45) is 29.6 Å². The third-order valence-electron chi connectivity index (χ3n) is 6.13. The number of allylic oxidation sites excluding steroid dienone is 2. The molecule has 0 amide bonds. The molecule has 1 heterocycles. The summed E-state index contributed by atoms with van der Waals surface area (Å²) in [5.74, 6) is 0.692. The average Bonchev–Trinajstić information content (AvgIpc) is 3.19. The van der Waals surface area contributed by atoms with Gasteiger partial charge < -0.3 is 14.9 Å². The van der Waals surface area contributed by atoms with E-state index in [1.807, 2.05) is 0 Å². The number of esters is 1. The lowest BCUT2D eigenvalue weighted by Crippen LogP contribution is -2.35. The van der Waals surface area contributed by atoms with Crippen LogP contribution in [0.1, 0.15) is 53.4 Å². The molecule has 0 unspecified atom stereocenters. The standard InChI is InChI=1S/C20H30O4/c1-10(2)6-5-7-11(3)16-15(21)8-12(4)13-9-14(13)17-18(16)20(23)24-19(17)22/h6,11-16,20-21,23H,5,7-9H2,1-4H3/t11-,12+,13-,14-,15+,16+,20-/m1/s1. The van der Waals surface area contributed by atoms with E-state index in [-0.39, 0.29) is 23.7 Å². The van der Waals surface area contributed by atoms with Crippen LogP contribution in [0.15, 0.2) is 22.8 Å². The van der Waals surface area contributed by atoms with Crippen molar-refractivity contribution in [3.8, 4) is 0 Å². The molecule has 1 aliphatic heterocycles. The molecular formula is C20H30O4. The quantitative estimate of drug-likeness (QED) is 0.612. The van der Waals surface area contributed by atoms with Gasteiger partial charge in [0, 0.05) is 17.1 Å². The Morgan fingerprint density at radius 3 is 2.71 bits per heavy atom. The molecule has 7 atom stereocenters. The van der Waals surface area contributed by atoms with Gasteiger partial charge in [-0.15, -0.1) is 0 Å². The third-order valence-corrected chi connectivity index (χ3v) is 6.13. The van der Waals surface area contributed by atoms with E-state index in [0.717, 1.165) is 25.7 Å². The molecule has 4 nitrogen and oxygen atoms in total. The second-order valence-corrected chi connectivity index (χ2v) is 8.27. The van der Waals surface area contributed by atoms with Crippen LogP contribution in [-0.2, 0) is 9.53 Å². The Morgan fingerprint density at radius 2 is 2.04 bits per heavy atom. The second-order valence-electron chi connectivity index (χ2n) is 8.27. The first-order valence-electron chi connectivity index (χ1n) is 9.25. The van der Waals surface area contributed by atoms with Crippen molar-refractivity contribution >= 4 is 5.97 Å². The van der Waals surface area contributed by atoms with Crippen LogP contribution in [-0.4, -0.2) is 28.6 Å². The highest BCUT2D eigenvalue weighted by Crippen LogP contribution is 2.56. The summed E-state index contributed by atoms with van der Waals surface area (Å²) in [6.07, 6.45) is 4.08. The zero-order valence-electron chi connectivity index (χ0n) is 15.2. The Morgan fingerprint density at radius 1 is 1.33 bits per heavy atom. The molecule has 0 aromatic carbocycles. The summed E-state index contributed by atoms with van der Waals surface area (Å²) in [5, 5.41) is 21.2. The Labute approximate surface area is 144 Å². The minimum Gasteiger partial charge on any atom is -0.428 e. The van der Waals surface area contributed by atoms with Crippen molar-refractivity contribution < 1.29 is 19.7 Å². The molecule has 4 heteroatoms. The van der Waals surface area contributed by atoms with E-state index in [1.54, 1.807) is 0 Å². The summed E-state index contributed by atoms with van der Waals surface area (Å²) in [7, 11) is 0. The lowest BCUT2D eigenvalue weighted by molar-refractivity contribution is -0.153. The van der Waals surface area contributed by atoms with Crippen LogP contribution >= 0.6 is 0 Å². The van der Waals surface area contributed by atoms with Crippen LogP contribution in [0.25, 0.3) is 0 Å². The van der Waals surface area contributed by atoms with Gasteiger partial charge >= 0.3 is 5.97 Å². The van der Waals surface area contributed by atoms with Crippen LogP contribution in [0.4, 0.5) is 0 Å². The van der Waals surface area contributed by atoms with E-state index in [2.05, 4.69) is 33.8 Å². The first kappa shape index (κ1) is 17.7. The largest absolute Gasteiger partial charge is 0.428 e. The maximum atomic E-state index is 12.3. The first-order valence-corrected chi connectivity index (χ1v) is 9.25. The number of carbonyl (C=O) groups is 1. The number of ether oxygens (including phenoxy) is 1. The Balaban J connectivity index is 1.91. The average molecular weight is 334 g/mol. The molecule has 0 spiro atoms. The monoisotopic (exact) mass is 334 g/mol. The molecule has 1 saturated carbocycles. The van der Waals surface area contributed by atoms with Gasteiger partial charge in [-0.2, -0.15) is 0 Å². The highest BCUT2D eigenvalue weighted by atomic mass is 16.6. The van der Waals surface area contributed by atoms with Crippen LogP contribution in [0.5, 0.6) is 0 Å². The molecule has 0 aromatic heterocycles. The zero-order valence-corrected chi connectivity index (χ0v) is 15.2. The Kier molecular flexibility index (Phi) is 4.89. The van der Waals surface area contributed by atoms with Gasteiger partial charge in [0.1, 0.15) is 0 Å². The highest BCUT2D eigenvalue weighted by molar-refractivity contribution is 5.93. The SMILES string of the molecule is CC(C)=CCC[C@@H](C)[C@@H]1C2=C(C(=O)O[C@H]2O)[C@@H]2C[C@@H]2[C@@H](C)C[C@@H]1O. The van der Waals surface area contributed by atoms with E-state index in [1.165, 1.54) is 5.57 Å². The number of carbonyl (C=O) groups excluding carboxylic acids is 1. The fourth-order valence-corrected chi connectivity index (χ4v) is 4.77. The fraction of sp³-hybridized carbons (Fsp3) is 0.750. The van der Waals surface area contributed by atoms with Gasteiger partial charge in [0.15, 0.2) is 0 Å². The van der Waals surface area contributed by atoms with E-state index in [9.17, 15) is 15.0 Å². The number of hydrogen-bond donors (Lipinski definition) is 2. The summed E-state index contributed by atoms with van der Waals surface area (Å²) in [5.41, 5.74) is 2.64. The van der Waals surface area contributed by atoms with Crippen molar-refractivity contribution in [3.63, 3.8) is 0 Å². The first-order chi connectivity index (χ1) is 11.3. The Bertz CT molecular complexity index is 572. The Hall–Kier alpha value is -1.13. The molecule has 0 radical (unpaired) electrons. The van der Waals surface area contributed by atoms with Crippen LogP contribution in [0, 0.1) is 29.6 Å². The topological polar surface area (TPSA) is 66.8 Å². The van der Waals surface area contributed by atoms with Gasteiger partial charge in [-0.25, -0.2) is 4.79 Å². The number of fused-ring (bicyclic) bond motifs is 2. The molecule has 0 aromatic rings. The summed E-state index contributed by atoms with van der Waals surface area (Å²) < 4.78 is 5.14. The van der Waals surface area contributed by atoms with E-state index in [4.69, 9.17) is 4.74 Å². The highest BCUT2D eigenvalue weighted by Gasteiger charge is 2.54. The summed E-state index contributed by atoms with van der Waals surface area (Å²) in [4.78, 5) is 12.3. The van der Waals surface area contributed by atoms with E-state index < -0.39 is 12.4 Å². The summed E-state index contributed by atoms with van der Waals surface area (Å²) >= 11 is 0. The van der Waals surface area contributed by atoms with Crippen molar-refractivity contribution in [1.29, 1.82) is 0 Å². The maximum Gasteiger partial charge on any atom is 0.337 e. The van der Waals surface area contributed by atoms with Crippen LogP contribution in [0.3, 0.4) is 0 Å². The van der Waals surface area contributed by atoms with Gasteiger partial charge in [-0.1, -0.05) is 25.5 Å². The van der Waals surface area contributed by atoms with Crippen LogP contribution < -0.4 is 0 Å². The van der Waals surface area contributed by atoms with Crippen molar-refractivity contribution in [2.45, 2.75) is 65.8 Å². The number of cyclic esters (lactones) is 1. The number of rotatable bonds is 4. The van der Waals surface area contributed by atoms with Gasteiger partial charge in [0.2, 0.25) is 6.29 Å². The van der Waals surface area contributed by atoms with E-state index in [0.29, 0.717) is 23.0 Å². The molecule has 0 bridgehead atoms. The minimum absolute atomic E-state index is 0.187. The summed E-state index contributed by atoms with van der Waals surface area (Å²) in [6, 6.07) is 0. The molecule has 1 fully saturated rings. The van der Waals surface area contributed by atoms with Crippen molar-refractivity contribution in [2.75, 3.05) is 0 Å². The fourth-order valence-electron chi connectivity index (χ4n) is 4.77. The second kappa shape index (κ2) is 6.64. The molecule has 0 saturated heterocycles. The zero-order chi connectivity index (χ0) is 17.6. The van der Waals surface area contributed by atoms with Gasteiger partial charge in [-0.3, -0.25) is 0 Å². The van der Waals surface area contributed by atoms with Crippen LogP contribution in [0.2, 0.25) is 0 Å². The molecule has 2 aliphatic carbocycles. The summed E-state index contributed by atoms with van der Waals surface area (Å²) in [6.45, 7) is 8.45. The lowest BCUT2D eigenvalue weighted by atomic mass is 9.73. The molecule has 134 valence electrons. The predicted molar refractivity (Wildman–Crippen MR) is 91.8 cm³/mol. The van der Waals surface area contributed by atoms with Gasteiger partial charge in [0.05, 0.1) is 6.10 Å². The number of aliphatic hydroxyl groups is 2. The predicted octanol–water partition coefficient (Wildman–Crippen LogP) is 3.19. The normalized spacial score (nSPS) is 39.3. The van der Waals surface area contributed by atoms with Gasteiger partial charge in [0.25, 0.3) is 0 Å². The molecule has 2 N–H and O–H groups in total. The maximum absolute atomic E-state index is 12.3. The minimum atomic E-state index is -1.17. The molecule has 24 heavy (non-hydrogen) atoms.